The molecule has 0 aromatic carbocycles. The van der Waals surface area contributed by atoms with Crippen LogP contribution in [0, 0.1) is 6.92 Å². The zero-order valence-electron chi connectivity index (χ0n) is 12.4. The molecule has 19 heavy (non-hydrogen) atoms. The normalized spacial score (nSPS) is 14.0. The molecule has 0 fully saturated rings. The fraction of sp³-hybridized carbons (Fsp3) is 0.692. The fourth-order valence-electron chi connectivity index (χ4n) is 1.67. The summed E-state index contributed by atoms with van der Waals surface area (Å²) in [6.45, 7) is 9.54. The highest BCUT2D eigenvalue weighted by molar-refractivity contribution is 7.91. The standard InChI is InChI=1S/C13H24N2O2S2/c1-6-11(4)15(5)19(16,17)13-8-10(3)12(18-13)9-14-7-2/h8,11,14H,6-7,9H2,1-5H3. The molecule has 4 nitrogen and oxygen atoms in total. The zero-order chi connectivity index (χ0) is 14.6. The Labute approximate surface area is 120 Å². The second kappa shape index (κ2) is 6.83. The molecule has 0 spiro atoms. The summed E-state index contributed by atoms with van der Waals surface area (Å²) in [5.74, 6) is 0. The van der Waals surface area contributed by atoms with Crippen LogP contribution in [0.15, 0.2) is 10.3 Å². The molecular weight excluding hydrogens is 280 g/mol. The van der Waals surface area contributed by atoms with Gasteiger partial charge in [0.05, 0.1) is 0 Å². The van der Waals surface area contributed by atoms with Crippen LogP contribution in [0.2, 0.25) is 0 Å². The van der Waals surface area contributed by atoms with Crippen molar-refractivity contribution < 1.29 is 8.42 Å². The van der Waals surface area contributed by atoms with E-state index >= 15 is 0 Å². The number of hydrogen-bond donors (Lipinski definition) is 1. The molecule has 110 valence electrons. The third kappa shape index (κ3) is 3.78. The van der Waals surface area contributed by atoms with Crippen LogP contribution in [0.3, 0.4) is 0 Å². The zero-order valence-corrected chi connectivity index (χ0v) is 14.0. The average molecular weight is 304 g/mol. The lowest BCUT2D eigenvalue weighted by Crippen LogP contribution is -2.34. The van der Waals surface area contributed by atoms with Gasteiger partial charge in [0.2, 0.25) is 0 Å². The Morgan fingerprint density at radius 1 is 1.42 bits per heavy atom. The third-order valence-electron chi connectivity index (χ3n) is 3.38. The van der Waals surface area contributed by atoms with E-state index in [0.717, 1.165) is 30.0 Å². The van der Waals surface area contributed by atoms with Crippen LogP contribution in [0.1, 0.15) is 37.6 Å². The van der Waals surface area contributed by atoms with E-state index in [1.54, 1.807) is 13.1 Å². The summed E-state index contributed by atoms with van der Waals surface area (Å²) in [6.07, 6.45) is 0.810. The van der Waals surface area contributed by atoms with E-state index in [2.05, 4.69) is 5.32 Å². The number of sulfonamides is 1. The molecule has 0 aliphatic carbocycles. The van der Waals surface area contributed by atoms with Crippen LogP contribution in [-0.4, -0.2) is 32.4 Å². The van der Waals surface area contributed by atoms with Gasteiger partial charge >= 0.3 is 0 Å². The maximum absolute atomic E-state index is 12.5. The molecule has 0 amide bonds. The van der Waals surface area contributed by atoms with E-state index in [1.807, 2.05) is 27.7 Å². The molecule has 1 N–H and O–H groups in total. The SMILES string of the molecule is CCNCc1sc(S(=O)(=O)N(C)C(C)CC)cc1C. The topological polar surface area (TPSA) is 49.4 Å². The molecule has 0 radical (unpaired) electrons. The van der Waals surface area contributed by atoms with Crippen molar-refractivity contribution in [2.75, 3.05) is 13.6 Å². The maximum atomic E-state index is 12.5. The van der Waals surface area contributed by atoms with E-state index in [0.29, 0.717) is 4.21 Å². The van der Waals surface area contributed by atoms with Crippen molar-refractivity contribution >= 4 is 21.4 Å². The summed E-state index contributed by atoms with van der Waals surface area (Å²) in [6, 6.07) is 1.80. The van der Waals surface area contributed by atoms with E-state index in [4.69, 9.17) is 0 Å². The van der Waals surface area contributed by atoms with Crippen molar-refractivity contribution in [3.8, 4) is 0 Å². The molecule has 6 heteroatoms. The number of rotatable bonds is 7. The smallest absolute Gasteiger partial charge is 0.252 e. The highest BCUT2D eigenvalue weighted by Gasteiger charge is 2.26. The maximum Gasteiger partial charge on any atom is 0.252 e. The van der Waals surface area contributed by atoms with Gasteiger partial charge in [0, 0.05) is 24.5 Å². The fourth-order valence-corrected chi connectivity index (χ4v) is 4.85. The first-order chi connectivity index (χ1) is 8.84. The van der Waals surface area contributed by atoms with Crippen molar-refractivity contribution in [2.24, 2.45) is 0 Å². The van der Waals surface area contributed by atoms with Gasteiger partial charge in [-0.3, -0.25) is 0 Å². The minimum Gasteiger partial charge on any atom is -0.312 e. The van der Waals surface area contributed by atoms with Crippen molar-refractivity contribution in [1.29, 1.82) is 0 Å². The lowest BCUT2D eigenvalue weighted by Gasteiger charge is -2.22. The van der Waals surface area contributed by atoms with Crippen LogP contribution >= 0.6 is 11.3 Å². The van der Waals surface area contributed by atoms with Crippen LogP contribution < -0.4 is 5.32 Å². The van der Waals surface area contributed by atoms with Gasteiger partial charge in [0.25, 0.3) is 10.0 Å². The van der Waals surface area contributed by atoms with Crippen LogP contribution in [0.4, 0.5) is 0 Å². The summed E-state index contributed by atoms with van der Waals surface area (Å²) in [5.41, 5.74) is 1.04. The Kier molecular flexibility index (Phi) is 5.98. The first kappa shape index (κ1) is 16.6. The Morgan fingerprint density at radius 3 is 2.58 bits per heavy atom. The first-order valence-corrected chi connectivity index (χ1v) is 8.88. The largest absolute Gasteiger partial charge is 0.312 e. The van der Waals surface area contributed by atoms with Gasteiger partial charge in [-0.1, -0.05) is 13.8 Å². The molecule has 0 bridgehead atoms. The molecule has 1 aromatic rings. The molecule has 0 aliphatic heterocycles. The van der Waals surface area contributed by atoms with Gasteiger partial charge in [-0.2, -0.15) is 4.31 Å². The van der Waals surface area contributed by atoms with Gasteiger partial charge in [0.15, 0.2) is 0 Å². The summed E-state index contributed by atoms with van der Waals surface area (Å²) in [5, 5.41) is 3.24. The first-order valence-electron chi connectivity index (χ1n) is 6.62. The number of nitrogens with one attached hydrogen (secondary N) is 1. The molecule has 1 atom stereocenters. The van der Waals surface area contributed by atoms with Gasteiger partial charge < -0.3 is 5.32 Å². The molecule has 1 heterocycles. The Balaban J connectivity index is 3.02. The van der Waals surface area contributed by atoms with Gasteiger partial charge in [-0.25, -0.2) is 8.42 Å². The average Bonchev–Trinajstić information content (AvgIpc) is 2.76. The molecular formula is C13H24N2O2S2. The van der Waals surface area contributed by atoms with E-state index < -0.39 is 10.0 Å². The van der Waals surface area contributed by atoms with Crippen molar-refractivity contribution in [1.82, 2.24) is 9.62 Å². The molecule has 1 rings (SSSR count). The highest BCUT2D eigenvalue weighted by Crippen LogP contribution is 2.29. The summed E-state index contributed by atoms with van der Waals surface area (Å²) < 4.78 is 26.9. The van der Waals surface area contributed by atoms with E-state index in [1.165, 1.54) is 15.6 Å². The minimum atomic E-state index is -3.35. The van der Waals surface area contributed by atoms with E-state index in [9.17, 15) is 8.42 Å². The van der Waals surface area contributed by atoms with Crippen molar-refractivity contribution in [3.05, 3.63) is 16.5 Å². The summed E-state index contributed by atoms with van der Waals surface area (Å²) in [7, 11) is -1.70. The summed E-state index contributed by atoms with van der Waals surface area (Å²) >= 11 is 1.37. The second-order valence-corrected chi connectivity index (χ2v) is 8.09. The van der Waals surface area contributed by atoms with Gasteiger partial charge in [-0.05, 0) is 38.4 Å². The lowest BCUT2D eigenvalue weighted by molar-refractivity contribution is 0.381. The van der Waals surface area contributed by atoms with Crippen LogP contribution in [0.25, 0.3) is 0 Å². The molecule has 0 aliphatic rings. The predicted octanol–water partition coefficient (Wildman–Crippen LogP) is 2.59. The summed E-state index contributed by atoms with van der Waals surface area (Å²) in [4.78, 5) is 1.10. The minimum absolute atomic E-state index is 0.0182. The van der Waals surface area contributed by atoms with Crippen molar-refractivity contribution in [2.45, 2.75) is 50.9 Å². The van der Waals surface area contributed by atoms with Crippen LogP contribution in [0.5, 0.6) is 0 Å². The van der Waals surface area contributed by atoms with E-state index in [-0.39, 0.29) is 6.04 Å². The number of aryl methyl sites for hydroxylation is 1. The molecule has 0 saturated carbocycles. The Bertz CT molecular complexity index is 509. The predicted molar refractivity (Wildman–Crippen MR) is 81.1 cm³/mol. The second-order valence-electron chi connectivity index (χ2n) is 4.73. The molecule has 1 unspecified atom stereocenters. The molecule has 0 saturated heterocycles. The highest BCUT2D eigenvalue weighted by atomic mass is 32.2. The van der Waals surface area contributed by atoms with Gasteiger partial charge in [-0.15, -0.1) is 11.3 Å². The van der Waals surface area contributed by atoms with Gasteiger partial charge in [0.1, 0.15) is 4.21 Å². The number of nitrogens with zero attached hydrogens (tertiary/aromatic N) is 1. The lowest BCUT2D eigenvalue weighted by atomic mass is 10.3. The molecule has 1 aromatic heterocycles. The van der Waals surface area contributed by atoms with Crippen LogP contribution in [-0.2, 0) is 16.6 Å². The number of hydrogen-bond acceptors (Lipinski definition) is 4. The van der Waals surface area contributed by atoms with Crippen molar-refractivity contribution in [3.63, 3.8) is 0 Å². The third-order valence-corrected chi connectivity index (χ3v) is 7.04. The Hall–Kier alpha value is -0.430. The Morgan fingerprint density at radius 2 is 2.05 bits per heavy atom. The monoisotopic (exact) mass is 304 g/mol. The number of thiophene rings is 1. The quantitative estimate of drug-likeness (QED) is 0.842.